The Morgan fingerprint density at radius 3 is 1.77 bits per heavy atom. The van der Waals surface area contributed by atoms with E-state index in [9.17, 15) is 14.4 Å². The summed E-state index contributed by atoms with van der Waals surface area (Å²) >= 11 is 3.62. The van der Waals surface area contributed by atoms with Crippen molar-refractivity contribution < 1.29 is 60.5 Å². The summed E-state index contributed by atoms with van der Waals surface area (Å²) in [5, 5.41) is 6.25. The zero-order chi connectivity index (χ0) is 20.3. The molecule has 0 spiro atoms. The zero-order valence-corrected chi connectivity index (χ0v) is 21.3. The average molecular weight is 581 g/mol. The van der Waals surface area contributed by atoms with Crippen molar-refractivity contribution in [2.24, 2.45) is 0 Å². The standard InChI is InChI=1S/C15H23O6.CN.Cu.HI.Zn/c1-5-19-13(16)10-8-9-12(15(18)21-7-3)11(4)14(17)20-6-2;1-2;;;/h4-10H2,1-3H3;;;1H;/q2*-1;+1;;+2/p-1/b12-11-;;;;. The van der Waals surface area contributed by atoms with Gasteiger partial charge in [0, 0.05) is 6.42 Å². The van der Waals surface area contributed by atoms with Crippen LogP contribution in [-0.4, -0.2) is 37.7 Å². The van der Waals surface area contributed by atoms with Crippen LogP contribution in [-0.2, 0) is 60.5 Å². The number of rotatable bonds is 9. The maximum absolute atomic E-state index is 11.9. The Morgan fingerprint density at radius 2 is 1.35 bits per heavy atom. The molecule has 10 heteroatoms. The van der Waals surface area contributed by atoms with Gasteiger partial charge in [-0.25, -0.2) is 0 Å². The maximum atomic E-state index is 11.9. The molecule has 0 unspecified atom stereocenters. The van der Waals surface area contributed by atoms with E-state index in [-0.39, 0.29) is 60.2 Å². The first-order valence-corrected chi connectivity index (χ1v) is 16.6. The molecule has 26 heavy (non-hydrogen) atoms. The summed E-state index contributed by atoms with van der Waals surface area (Å²) < 4.78 is 14.5. The molecule has 0 saturated heterocycles. The molecule has 0 rings (SSSR count). The first kappa shape index (κ1) is 33.0. The van der Waals surface area contributed by atoms with Gasteiger partial charge < -0.3 is 30.8 Å². The first-order chi connectivity index (χ1) is 12.0. The van der Waals surface area contributed by atoms with Gasteiger partial charge in [0.25, 0.3) is 5.97 Å². The van der Waals surface area contributed by atoms with Crippen molar-refractivity contribution in [1.82, 2.24) is 0 Å². The number of esters is 3. The van der Waals surface area contributed by atoms with Crippen LogP contribution in [0, 0.1) is 18.8 Å². The van der Waals surface area contributed by atoms with Gasteiger partial charge in [-0.3, -0.25) is 9.59 Å². The van der Waals surface area contributed by atoms with Crippen molar-refractivity contribution in [3.63, 3.8) is 0 Å². The summed E-state index contributed by atoms with van der Waals surface area (Å²) in [5.41, 5.74) is 0.110. The Morgan fingerprint density at radius 1 is 0.923 bits per heavy atom. The third-order valence-corrected chi connectivity index (χ3v) is 2.52. The van der Waals surface area contributed by atoms with Crippen LogP contribution in [0.4, 0.5) is 0 Å². The van der Waals surface area contributed by atoms with Crippen LogP contribution in [0.1, 0.15) is 40.0 Å². The van der Waals surface area contributed by atoms with Gasteiger partial charge in [-0.05, 0) is 27.2 Å². The molecule has 0 N–H and O–H groups in total. The fourth-order valence-corrected chi connectivity index (χ4v) is 1.58. The van der Waals surface area contributed by atoms with Gasteiger partial charge in [-0.1, -0.05) is 12.0 Å². The SMILES string of the molecule is [C-]#N.[CH2-]/C(C(=O)OCC)=C(\CCCC(=O)OCC)C(=O)OCC.[Cu+].[Zn+][I]. The third-order valence-electron chi connectivity index (χ3n) is 2.52. The molecule has 7 nitrogen and oxygen atoms in total. The van der Waals surface area contributed by atoms with Gasteiger partial charge in [0.05, 0.1) is 19.8 Å². The van der Waals surface area contributed by atoms with Crippen molar-refractivity contribution in [1.29, 1.82) is 5.26 Å². The van der Waals surface area contributed by atoms with Crippen LogP contribution in [0.3, 0.4) is 0 Å². The predicted octanol–water partition coefficient (Wildman–Crippen LogP) is 2.95. The second-order valence-electron chi connectivity index (χ2n) is 4.06. The topological polar surface area (TPSA) is 103 Å². The molecule has 0 aliphatic heterocycles. The van der Waals surface area contributed by atoms with Gasteiger partial charge in [-0.15, -0.1) is 5.57 Å². The molecule has 0 atom stereocenters. The number of carbonyl (C=O) groups is 3. The van der Waals surface area contributed by atoms with Gasteiger partial charge in [0.1, 0.15) is 0 Å². The average Bonchev–Trinajstić information content (AvgIpc) is 2.62. The fourth-order valence-electron chi connectivity index (χ4n) is 1.58. The molecule has 0 heterocycles. The Labute approximate surface area is 186 Å². The van der Waals surface area contributed by atoms with E-state index in [1.807, 2.05) is 0 Å². The number of ether oxygens (including phenoxy) is 3. The summed E-state index contributed by atoms with van der Waals surface area (Å²) in [5.74, 6) is -1.61. The molecule has 0 aromatic heterocycles. The van der Waals surface area contributed by atoms with Crippen LogP contribution in [0.5, 0.6) is 0 Å². The number of halogens is 1. The summed E-state index contributed by atoms with van der Waals surface area (Å²) in [6.07, 6.45) is 0.730. The second kappa shape index (κ2) is 24.4. The van der Waals surface area contributed by atoms with Gasteiger partial charge in [0.15, 0.2) is 0 Å². The number of nitrogens with zero attached hydrogens (tertiary/aromatic N) is 1. The molecule has 0 radical (unpaired) electrons. The Bertz CT molecular complexity index is 457. The van der Waals surface area contributed by atoms with E-state index in [0.717, 1.165) is 0 Å². The minimum absolute atomic E-state index is 0. The normalized spacial score (nSPS) is 9.54. The van der Waals surface area contributed by atoms with Crippen molar-refractivity contribution in [3.05, 3.63) is 24.6 Å². The van der Waals surface area contributed by atoms with Crippen molar-refractivity contribution in [2.45, 2.75) is 40.0 Å². The fraction of sp³-hybridized carbons (Fsp3) is 0.562. The van der Waals surface area contributed by atoms with E-state index in [4.69, 9.17) is 26.0 Å². The predicted molar refractivity (Wildman–Crippen MR) is 95.1 cm³/mol. The molecule has 148 valence electrons. The molecular formula is C16H23CuINO6Zn. The third kappa shape index (κ3) is 16.8. The molecular weight excluding hydrogens is 558 g/mol. The van der Waals surface area contributed by atoms with Crippen molar-refractivity contribution >= 4 is 37.7 Å². The van der Waals surface area contributed by atoms with Gasteiger partial charge in [0.2, 0.25) is 5.97 Å². The molecule has 0 aliphatic carbocycles. The van der Waals surface area contributed by atoms with Crippen LogP contribution < -0.4 is 0 Å². The molecule has 0 aliphatic rings. The number of hydrogen-bond donors (Lipinski definition) is 0. The summed E-state index contributed by atoms with van der Waals surface area (Å²) in [7, 11) is 0. The van der Waals surface area contributed by atoms with E-state index in [1.54, 1.807) is 20.8 Å². The molecule has 0 saturated carbocycles. The summed E-state index contributed by atoms with van der Waals surface area (Å²) in [6, 6.07) is 0. The quantitative estimate of drug-likeness (QED) is 0.103. The van der Waals surface area contributed by atoms with Crippen molar-refractivity contribution in [2.75, 3.05) is 19.8 Å². The van der Waals surface area contributed by atoms with Gasteiger partial charge in [-0.2, -0.15) is 6.92 Å². The molecule has 0 aromatic rings. The van der Waals surface area contributed by atoms with Gasteiger partial charge >= 0.3 is 57.6 Å². The van der Waals surface area contributed by atoms with Crippen LogP contribution in [0.25, 0.3) is 0 Å². The Hall–Kier alpha value is -0.617. The number of carbonyl (C=O) groups excluding carboxylic acids is 3. The van der Waals surface area contributed by atoms with E-state index >= 15 is 0 Å². The summed E-state index contributed by atoms with van der Waals surface area (Å²) in [4.78, 5) is 34.8. The molecule has 0 aromatic carbocycles. The van der Waals surface area contributed by atoms with Crippen molar-refractivity contribution in [3.8, 4) is 0 Å². The Kier molecular flexibility index (Phi) is 31.0. The van der Waals surface area contributed by atoms with E-state index < -0.39 is 11.9 Å². The molecule has 0 bridgehead atoms. The molecule has 0 fully saturated rings. The van der Waals surface area contributed by atoms with Crippen LogP contribution in [0.15, 0.2) is 11.1 Å². The minimum atomic E-state index is -0.656. The van der Waals surface area contributed by atoms with E-state index in [1.165, 1.54) is 14.8 Å². The first-order valence-electron chi connectivity index (χ1n) is 7.51. The molecule has 0 amide bonds. The number of hydrogen-bond acceptors (Lipinski definition) is 7. The monoisotopic (exact) mass is 579 g/mol. The van der Waals surface area contributed by atoms with E-state index in [0.29, 0.717) is 13.0 Å². The van der Waals surface area contributed by atoms with Crippen LogP contribution >= 0.6 is 19.8 Å². The Balaban J connectivity index is -0.000000449. The van der Waals surface area contributed by atoms with E-state index in [2.05, 4.69) is 26.7 Å². The van der Waals surface area contributed by atoms with Crippen LogP contribution in [0.2, 0.25) is 0 Å². The zero-order valence-electron chi connectivity index (χ0n) is 15.2. The summed E-state index contributed by atoms with van der Waals surface area (Å²) in [6.45, 7) is 14.1. The second-order valence-corrected chi connectivity index (χ2v) is 4.06.